The number of aromatic nitrogens is 2. The molecule has 2 aromatic rings. The maximum Gasteiger partial charge on any atom is 0.271 e. The Bertz CT molecular complexity index is 589. The summed E-state index contributed by atoms with van der Waals surface area (Å²) in [5.74, 6) is -0.170. The molecule has 0 aliphatic rings. The molecule has 0 aliphatic carbocycles. The molecule has 0 fully saturated rings. The summed E-state index contributed by atoms with van der Waals surface area (Å²) in [4.78, 5) is 11.6. The fraction of sp³-hybridized carbons (Fsp3) is 0.182. The third-order valence-electron chi connectivity index (χ3n) is 2.42. The van der Waals surface area contributed by atoms with E-state index in [9.17, 15) is 9.90 Å². The van der Waals surface area contributed by atoms with Crippen LogP contribution in [0.5, 0.6) is 5.88 Å². The number of nitrogens with zero attached hydrogens (tertiary/aromatic N) is 1. The SMILES string of the molecule is O=c1[nH]n(-c2ccccc2Br)c(O)c1CCO. The van der Waals surface area contributed by atoms with Crippen LogP contribution < -0.4 is 5.56 Å². The normalized spacial score (nSPS) is 10.7. The highest BCUT2D eigenvalue weighted by atomic mass is 79.9. The minimum absolute atomic E-state index is 0.124. The Kier molecular flexibility index (Phi) is 3.35. The Morgan fingerprint density at radius 3 is 2.71 bits per heavy atom. The van der Waals surface area contributed by atoms with E-state index in [-0.39, 0.29) is 24.5 Å². The van der Waals surface area contributed by atoms with E-state index in [0.29, 0.717) is 5.69 Å². The zero-order chi connectivity index (χ0) is 12.4. The summed E-state index contributed by atoms with van der Waals surface area (Å²) < 4.78 is 2.04. The Morgan fingerprint density at radius 1 is 1.35 bits per heavy atom. The van der Waals surface area contributed by atoms with E-state index in [2.05, 4.69) is 21.0 Å². The van der Waals surface area contributed by atoms with Crippen LogP contribution in [0.2, 0.25) is 0 Å². The second-order valence-corrected chi connectivity index (χ2v) is 4.36. The number of aliphatic hydroxyl groups excluding tert-OH is 1. The van der Waals surface area contributed by atoms with Crippen molar-refractivity contribution in [3.63, 3.8) is 0 Å². The molecule has 0 aliphatic heterocycles. The van der Waals surface area contributed by atoms with Crippen molar-refractivity contribution in [2.75, 3.05) is 6.61 Å². The fourth-order valence-corrected chi connectivity index (χ4v) is 2.07. The van der Waals surface area contributed by atoms with E-state index >= 15 is 0 Å². The summed E-state index contributed by atoms with van der Waals surface area (Å²) in [5.41, 5.74) is 0.418. The average Bonchev–Trinajstić information content (AvgIpc) is 2.58. The van der Waals surface area contributed by atoms with Gasteiger partial charge in [0.15, 0.2) is 0 Å². The molecule has 0 radical (unpaired) electrons. The summed E-state index contributed by atoms with van der Waals surface area (Å²) in [7, 11) is 0. The lowest BCUT2D eigenvalue weighted by atomic mass is 10.2. The highest BCUT2D eigenvalue weighted by molar-refractivity contribution is 9.10. The lowest BCUT2D eigenvalue weighted by molar-refractivity contribution is 0.296. The first kappa shape index (κ1) is 11.9. The number of hydrogen-bond acceptors (Lipinski definition) is 3. The zero-order valence-corrected chi connectivity index (χ0v) is 10.4. The second kappa shape index (κ2) is 4.77. The molecule has 0 spiro atoms. The van der Waals surface area contributed by atoms with E-state index in [4.69, 9.17) is 5.11 Å². The molecule has 5 nitrogen and oxygen atoms in total. The molecule has 1 aromatic carbocycles. The highest BCUT2D eigenvalue weighted by Crippen LogP contribution is 2.24. The van der Waals surface area contributed by atoms with Crippen LogP contribution in [0, 0.1) is 0 Å². The van der Waals surface area contributed by atoms with Crippen molar-refractivity contribution in [1.82, 2.24) is 9.78 Å². The van der Waals surface area contributed by atoms with Crippen molar-refractivity contribution in [3.05, 3.63) is 44.7 Å². The molecule has 1 heterocycles. The van der Waals surface area contributed by atoms with Gasteiger partial charge in [0.1, 0.15) is 0 Å². The van der Waals surface area contributed by atoms with Gasteiger partial charge in [-0.1, -0.05) is 12.1 Å². The van der Waals surface area contributed by atoms with Crippen LogP contribution in [0.25, 0.3) is 5.69 Å². The van der Waals surface area contributed by atoms with Gasteiger partial charge in [0.05, 0.1) is 11.3 Å². The number of halogens is 1. The number of benzene rings is 1. The van der Waals surface area contributed by atoms with Gasteiger partial charge in [0.25, 0.3) is 5.56 Å². The van der Waals surface area contributed by atoms with Crippen LogP contribution in [0.1, 0.15) is 5.56 Å². The first-order valence-electron chi connectivity index (χ1n) is 5.03. The van der Waals surface area contributed by atoms with Crippen molar-refractivity contribution in [1.29, 1.82) is 0 Å². The van der Waals surface area contributed by atoms with E-state index in [0.717, 1.165) is 4.47 Å². The molecule has 17 heavy (non-hydrogen) atoms. The third kappa shape index (κ3) is 2.13. The molecule has 0 unspecified atom stereocenters. The summed E-state index contributed by atoms with van der Waals surface area (Å²) in [5, 5.41) is 21.3. The van der Waals surface area contributed by atoms with Gasteiger partial charge in [0.2, 0.25) is 5.88 Å². The van der Waals surface area contributed by atoms with Crippen molar-refractivity contribution in [2.24, 2.45) is 0 Å². The quantitative estimate of drug-likeness (QED) is 0.796. The Hall–Kier alpha value is -1.53. The second-order valence-electron chi connectivity index (χ2n) is 3.50. The minimum Gasteiger partial charge on any atom is -0.493 e. The third-order valence-corrected chi connectivity index (χ3v) is 3.09. The molecular weight excluding hydrogens is 288 g/mol. The molecule has 6 heteroatoms. The molecule has 2 rings (SSSR count). The van der Waals surface area contributed by atoms with E-state index < -0.39 is 5.56 Å². The van der Waals surface area contributed by atoms with Crippen LogP contribution >= 0.6 is 15.9 Å². The summed E-state index contributed by atoms with van der Waals surface area (Å²) >= 11 is 3.34. The molecule has 90 valence electrons. The molecule has 0 bridgehead atoms. The van der Waals surface area contributed by atoms with Gasteiger partial charge in [-0.2, -0.15) is 0 Å². The van der Waals surface area contributed by atoms with Crippen molar-refractivity contribution in [3.8, 4) is 11.6 Å². The van der Waals surface area contributed by atoms with Gasteiger partial charge in [-0.3, -0.25) is 9.89 Å². The minimum atomic E-state index is -0.396. The van der Waals surface area contributed by atoms with E-state index in [1.807, 2.05) is 6.07 Å². The molecule has 3 N–H and O–H groups in total. The summed E-state index contributed by atoms with van der Waals surface area (Å²) in [6.07, 6.45) is 0.124. The van der Waals surface area contributed by atoms with E-state index in [1.165, 1.54) is 4.68 Å². The molecule has 0 saturated carbocycles. The van der Waals surface area contributed by atoms with Crippen LogP contribution in [0.3, 0.4) is 0 Å². The first-order chi connectivity index (χ1) is 8.15. The Morgan fingerprint density at radius 2 is 2.06 bits per heavy atom. The number of aromatic amines is 1. The highest BCUT2D eigenvalue weighted by Gasteiger charge is 2.15. The Balaban J connectivity index is 2.58. The number of aliphatic hydroxyl groups is 1. The van der Waals surface area contributed by atoms with Crippen molar-refractivity contribution in [2.45, 2.75) is 6.42 Å². The van der Waals surface area contributed by atoms with Gasteiger partial charge < -0.3 is 10.2 Å². The number of nitrogens with one attached hydrogen (secondary N) is 1. The Labute approximate surface area is 105 Å². The number of H-pyrrole nitrogens is 1. The molecular formula is C11H11BrN2O3. The van der Waals surface area contributed by atoms with E-state index in [1.54, 1.807) is 18.2 Å². The smallest absolute Gasteiger partial charge is 0.271 e. The summed E-state index contributed by atoms with van der Waals surface area (Å²) in [6.45, 7) is -0.184. The van der Waals surface area contributed by atoms with Gasteiger partial charge in [-0.05, 0) is 28.1 Å². The maximum absolute atomic E-state index is 11.6. The number of para-hydroxylation sites is 1. The summed E-state index contributed by atoms with van der Waals surface area (Å²) in [6, 6.07) is 7.19. The average molecular weight is 299 g/mol. The van der Waals surface area contributed by atoms with Gasteiger partial charge in [-0.25, -0.2) is 4.68 Å². The lowest BCUT2D eigenvalue weighted by Gasteiger charge is -2.06. The maximum atomic E-state index is 11.6. The van der Waals surface area contributed by atoms with Gasteiger partial charge in [-0.15, -0.1) is 0 Å². The zero-order valence-electron chi connectivity index (χ0n) is 8.85. The van der Waals surface area contributed by atoms with Gasteiger partial charge in [0, 0.05) is 17.5 Å². The lowest BCUT2D eigenvalue weighted by Crippen LogP contribution is -2.08. The topological polar surface area (TPSA) is 78.2 Å². The standard InChI is InChI=1S/C11H11BrN2O3/c12-8-3-1-2-4-9(8)14-11(17)7(5-6-15)10(16)13-14/h1-4,15,17H,5-6H2,(H,13,16). The van der Waals surface area contributed by atoms with Crippen LogP contribution in [0.4, 0.5) is 0 Å². The largest absolute Gasteiger partial charge is 0.493 e. The van der Waals surface area contributed by atoms with Crippen molar-refractivity contribution >= 4 is 15.9 Å². The predicted octanol–water partition coefficient (Wildman–Crippen LogP) is 1.17. The first-order valence-corrected chi connectivity index (χ1v) is 5.83. The molecule has 0 saturated heterocycles. The fourth-order valence-electron chi connectivity index (χ4n) is 1.60. The van der Waals surface area contributed by atoms with Crippen molar-refractivity contribution < 1.29 is 10.2 Å². The number of aromatic hydroxyl groups is 1. The van der Waals surface area contributed by atoms with Gasteiger partial charge >= 0.3 is 0 Å². The molecule has 1 aromatic heterocycles. The van der Waals surface area contributed by atoms with Crippen LogP contribution in [-0.4, -0.2) is 26.6 Å². The van der Waals surface area contributed by atoms with Crippen LogP contribution in [0.15, 0.2) is 33.5 Å². The molecule has 0 atom stereocenters. The van der Waals surface area contributed by atoms with Crippen LogP contribution in [-0.2, 0) is 6.42 Å². The number of hydrogen-bond donors (Lipinski definition) is 3. The monoisotopic (exact) mass is 298 g/mol. The predicted molar refractivity (Wildman–Crippen MR) is 66.5 cm³/mol. The molecule has 0 amide bonds. The number of rotatable bonds is 3.